The monoisotopic (exact) mass is 471 g/mol. The number of hydrogen-bond acceptors (Lipinski definition) is 3. The van der Waals surface area contributed by atoms with Gasteiger partial charge >= 0.3 is 0 Å². The number of para-hydroxylation sites is 1. The number of carbonyl (C=O) groups is 1. The van der Waals surface area contributed by atoms with Gasteiger partial charge in [0.25, 0.3) is 5.91 Å². The number of amides is 1. The van der Waals surface area contributed by atoms with Crippen molar-refractivity contribution in [3.63, 3.8) is 0 Å². The van der Waals surface area contributed by atoms with Crippen LogP contribution < -0.4 is 0 Å². The number of aromatic nitrogens is 1. The van der Waals surface area contributed by atoms with Crippen molar-refractivity contribution in [3.8, 4) is 0 Å². The quantitative estimate of drug-likeness (QED) is 0.304. The summed E-state index contributed by atoms with van der Waals surface area (Å²) in [6.07, 6.45) is 4.05. The molecule has 1 aromatic heterocycles. The van der Waals surface area contributed by atoms with Crippen LogP contribution in [0.4, 0.5) is 5.69 Å². The van der Waals surface area contributed by atoms with Gasteiger partial charge in [-0.15, -0.1) is 0 Å². The number of rotatable bonds is 4. The topological polar surface area (TPSA) is 37.6 Å². The second-order valence-corrected chi connectivity index (χ2v) is 9.44. The fraction of sp³-hybridized carbons (Fsp3) is 0.111. The minimum atomic E-state index is -0.0474. The fourth-order valence-electron chi connectivity index (χ4n) is 3.85. The molecular formula is C27H22ClN3OS. The van der Waals surface area contributed by atoms with E-state index in [4.69, 9.17) is 11.6 Å². The Hall–Kier alpha value is -3.28. The van der Waals surface area contributed by atoms with Crippen LogP contribution in [0, 0.1) is 6.92 Å². The van der Waals surface area contributed by atoms with E-state index in [2.05, 4.69) is 27.9 Å². The molecule has 1 aliphatic rings. The Balaban J connectivity index is 1.50. The molecule has 1 saturated heterocycles. The van der Waals surface area contributed by atoms with Crippen LogP contribution in [-0.4, -0.2) is 27.6 Å². The summed E-state index contributed by atoms with van der Waals surface area (Å²) >= 11 is 7.81. The van der Waals surface area contributed by atoms with Crippen LogP contribution in [0.15, 0.2) is 88.9 Å². The summed E-state index contributed by atoms with van der Waals surface area (Å²) in [4.78, 5) is 19.9. The number of amidine groups is 1. The van der Waals surface area contributed by atoms with Crippen LogP contribution >= 0.6 is 23.4 Å². The lowest BCUT2D eigenvalue weighted by molar-refractivity contribution is -0.121. The van der Waals surface area contributed by atoms with Crippen LogP contribution in [0.5, 0.6) is 0 Å². The Morgan fingerprint density at radius 3 is 2.52 bits per heavy atom. The van der Waals surface area contributed by atoms with E-state index < -0.39 is 0 Å². The Bertz CT molecular complexity index is 1420. The largest absolute Gasteiger partial charge is 0.342 e. The van der Waals surface area contributed by atoms with Crippen LogP contribution in [0.3, 0.4) is 0 Å². The molecule has 33 heavy (non-hydrogen) atoms. The maximum atomic E-state index is 13.0. The van der Waals surface area contributed by atoms with Gasteiger partial charge in [0.15, 0.2) is 5.17 Å². The van der Waals surface area contributed by atoms with E-state index in [1.807, 2.05) is 73.7 Å². The smallest absolute Gasteiger partial charge is 0.266 e. The lowest BCUT2D eigenvalue weighted by atomic mass is 10.1. The molecule has 0 spiro atoms. The first kappa shape index (κ1) is 21.6. The average Bonchev–Trinajstić information content (AvgIpc) is 3.29. The molecule has 0 N–H and O–H groups in total. The summed E-state index contributed by atoms with van der Waals surface area (Å²) in [7, 11) is 1.77. The average molecular weight is 472 g/mol. The highest BCUT2D eigenvalue weighted by molar-refractivity contribution is 8.18. The third kappa shape index (κ3) is 4.34. The van der Waals surface area contributed by atoms with E-state index >= 15 is 0 Å². The minimum absolute atomic E-state index is 0.0474. The molecule has 0 unspecified atom stereocenters. The molecule has 164 valence electrons. The van der Waals surface area contributed by atoms with Gasteiger partial charge < -0.3 is 4.57 Å². The van der Waals surface area contributed by atoms with E-state index in [0.29, 0.717) is 16.6 Å². The Labute approximate surface area is 202 Å². The van der Waals surface area contributed by atoms with E-state index in [1.54, 1.807) is 11.9 Å². The summed E-state index contributed by atoms with van der Waals surface area (Å²) < 4.78 is 2.18. The summed E-state index contributed by atoms with van der Waals surface area (Å²) in [6.45, 7) is 2.70. The van der Waals surface area contributed by atoms with Crippen LogP contribution in [-0.2, 0) is 11.3 Å². The van der Waals surface area contributed by atoms with Gasteiger partial charge in [0.1, 0.15) is 0 Å². The zero-order valence-corrected chi connectivity index (χ0v) is 19.9. The van der Waals surface area contributed by atoms with Crippen molar-refractivity contribution in [1.82, 2.24) is 9.47 Å². The van der Waals surface area contributed by atoms with Crippen molar-refractivity contribution in [3.05, 3.63) is 106 Å². The lowest BCUT2D eigenvalue weighted by Gasteiger charge is -2.07. The Kier molecular flexibility index (Phi) is 5.83. The van der Waals surface area contributed by atoms with Gasteiger partial charge in [0.05, 0.1) is 10.6 Å². The predicted octanol–water partition coefficient (Wildman–Crippen LogP) is 6.89. The van der Waals surface area contributed by atoms with Gasteiger partial charge in [-0.25, -0.2) is 4.99 Å². The van der Waals surface area contributed by atoms with Crippen LogP contribution in [0.25, 0.3) is 17.0 Å². The number of benzene rings is 3. The van der Waals surface area contributed by atoms with E-state index in [-0.39, 0.29) is 5.91 Å². The number of likely N-dealkylation sites (N-methyl/N-ethyl adjacent to an activating group) is 1. The SMILES string of the molecule is Cc1ccc(N=C2SC(=Cc3cn(Cc4ccccc4Cl)c4ccccc34)C(=O)N2C)cc1. The number of carbonyl (C=O) groups excluding carboxylic acids is 1. The first-order chi connectivity index (χ1) is 16.0. The van der Waals surface area contributed by atoms with Crippen molar-refractivity contribution in [1.29, 1.82) is 0 Å². The number of aliphatic imine (C=N–C) groups is 1. The molecule has 4 aromatic rings. The molecule has 0 aliphatic carbocycles. The van der Waals surface area contributed by atoms with Gasteiger partial charge in [0, 0.05) is 41.3 Å². The van der Waals surface area contributed by atoms with Gasteiger partial charge in [-0.3, -0.25) is 9.69 Å². The van der Waals surface area contributed by atoms with Gasteiger partial charge in [-0.05, 0) is 54.6 Å². The molecule has 1 amide bonds. The maximum Gasteiger partial charge on any atom is 0.266 e. The number of aryl methyl sites for hydroxylation is 1. The van der Waals surface area contributed by atoms with Crippen molar-refractivity contribution in [2.75, 3.05) is 7.05 Å². The molecular weight excluding hydrogens is 450 g/mol. The fourth-order valence-corrected chi connectivity index (χ4v) is 5.03. The molecule has 1 fully saturated rings. The molecule has 0 bridgehead atoms. The summed E-state index contributed by atoms with van der Waals surface area (Å²) in [5, 5.41) is 2.52. The summed E-state index contributed by atoms with van der Waals surface area (Å²) in [5.74, 6) is -0.0474. The molecule has 0 saturated carbocycles. The van der Waals surface area contributed by atoms with Gasteiger partial charge in [0.2, 0.25) is 0 Å². The second-order valence-electron chi connectivity index (χ2n) is 8.03. The van der Waals surface area contributed by atoms with Crippen LogP contribution in [0.2, 0.25) is 5.02 Å². The minimum Gasteiger partial charge on any atom is -0.342 e. The summed E-state index contributed by atoms with van der Waals surface area (Å²) in [6, 6.07) is 24.1. The number of nitrogens with zero attached hydrogens (tertiary/aromatic N) is 3. The van der Waals surface area contributed by atoms with Crippen molar-refractivity contribution in [2.45, 2.75) is 13.5 Å². The van der Waals surface area contributed by atoms with E-state index in [9.17, 15) is 4.79 Å². The normalized spacial score (nSPS) is 16.5. The number of halogens is 1. The summed E-state index contributed by atoms with van der Waals surface area (Å²) in [5.41, 5.74) is 5.16. The molecule has 2 heterocycles. The second kappa shape index (κ2) is 8.93. The molecule has 3 aromatic carbocycles. The third-order valence-corrected chi connectivity index (χ3v) is 7.10. The molecule has 6 heteroatoms. The highest BCUT2D eigenvalue weighted by Crippen LogP contribution is 2.35. The molecule has 5 rings (SSSR count). The highest BCUT2D eigenvalue weighted by atomic mass is 35.5. The van der Waals surface area contributed by atoms with Crippen molar-refractivity contribution < 1.29 is 4.79 Å². The molecule has 1 aliphatic heterocycles. The van der Waals surface area contributed by atoms with Crippen molar-refractivity contribution >= 4 is 57.1 Å². The Morgan fingerprint density at radius 2 is 1.73 bits per heavy atom. The highest BCUT2D eigenvalue weighted by Gasteiger charge is 2.30. The molecule has 4 nitrogen and oxygen atoms in total. The number of hydrogen-bond donors (Lipinski definition) is 0. The van der Waals surface area contributed by atoms with Crippen molar-refractivity contribution in [2.24, 2.45) is 4.99 Å². The predicted molar refractivity (Wildman–Crippen MR) is 139 cm³/mol. The zero-order valence-electron chi connectivity index (χ0n) is 18.3. The molecule has 0 atom stereocenters. The third-order valence-electron chi connectivity index (χ3n) is 5.67. The van der Waals surface area contributed by atoms with Gasteiger partial charge in [-0.2, -0.15) is 0 Å². The van der Waals surface area contributed by atoms with Gasteiger partial charge in [-0.1, -0.05) is 65.7 Å². The van der Waals surface area contributed by atoms with Crippen LogP contribution in [0.1, 0.15) is 16.7 Å². The zero-order chi connectivity index (χ0) is 22.9. The standard InChI is InChI=1S/C27H22ClN3OS/c1-18-11-13-21(14-12-18)29-27-30(2)26(32)25(33-27)15-20-17-31(24-10-6-4-8-22(20)24)16-19-7-3-5-9-23(19)28/h3-15,17H,16H2,1-2H3. The molecule has 0 radical (unpaired) electrons. The number of thioether (sulfide) groups is 1. The van der Waals surface area contributed by atoms with E-state index in [0.717, 1.165) is 32.7 Å². The number of fused-ring (bicyclic) bond motifs is 1. The van der Waals surface area contributed by atoms with E-state index in [1.165, 1.54) is 17.3 Å². The Morgan fingerprint density at radius 1 is 1.00 bits per heavy atom. The first-order valence-corrected chi connectivity index (χ1v) is 11.8. The first-order valence-electron chi connectivity index (χ1n) is 10.6. The maximum absolute atomic E-state index is 13.0. The lowest BCUT2D eigenvalue weighted by Crippen LogP contribution is -2.23.